The van der Waals surface area contributed by atoms with Gasteiger partial charge in [-0.3, -0.25) is 4.79 Å². The zero-order valence-corrected chi connectivity index (χ0v) is 18.7. The molecule has 3 rings (SSSR count). The fourth-order valence-electron chi connectivity index (χ4n) is 4.08. The Kier molecular flexibility index (Phi) is 8.20. The molecule has 2 N–H and O–H groups in total. The summed E-state index contributed by atoms with van der Waals surface area (Å²) in [7, 11) is 0. The minimum absolute atomic E-state index is 0.0788. The van der Waals surface area contributed by atoms with Crippen molar-refractivity contribution in [3.63, 3.8) is 0 Å². The lowest BCUT2D eigenvalue weighted by molar-refractivity contribution is -0.126. The van der Waals surface area contributed by atoms with Crippen LogP contribution in [0, 0.1) is 24.5 Å². The van der Waals surface area contributed by atoms with Crippen LogP contribution in [0.5, 0.6) is 0 Å². The number of rotatable bonds is 7. The monoisotopic (exact) mass is 443 g/mol. The van der Waals surface area contributed by atoms with Gasteiger partial charge in [-0.05, 0) is 54.7 Å². The minimum Gasteiger partial charge on any atom is -0.352 e. The molecule has 32 heavy (non-hydrogen) atoms. The normalized spacial score (nSPS) is 18.3. The van der Waals surface area contributed by atoms with E-state index < -0.39 is 5.92 Å². The van der Waals surface area contributed by atoms with Gasteiger partial charge in [0.05, 0.1) is 5.92 Å². The van der Waals surface area contributed by atoms with E-state index in [9.17, 15) is 18.4 Å². The maximum absolute atomic E-state index is 13.8. The van der Waals surface area contributed by atoms with E-state index >= 15 is 0 Å². The number of carbonyl (C=O) groups excluding carboxylic acids is 2. The smallest absolute Gasteiger partial charge is 0.317 e. The van der Waals surface area contributed by atoms with Gasteiger partial charge in [0.2, 0.25) is 5.91 Å². The first-order chi connectivity index (χ1) is 15.4. The van der Waals surface area contributed by atoms with Crippen molar-refractivity contribution < 1.29 is 18.4 Å². The maximum Gasteiger partial charge on any atom is 0.317 e. The summed E-state index contributed by atoms with van der Waals surface area (Å²) in [6, 6.07) is 10.9. The van der Waals surface area contributed by atoms with Crippen molar-refractivity contribution in [2.45, 2.75) is 45.6 Å². The molecular weight excluding hydrogens is 412 g/mol. The molecule has 1 heterocycles. The molecular formula is C25H31F2N3O2. The average Bonchev–Trinajstić information content (AvgIpc) is 2.79. The van der Waals surface area contributed by atoms with E-state index in [-0.39, 0.29) is 36.0 Å². The van der Waals surface area contributed by atoms with Gasteiger partial charge in [-0.2, -0.15) is 0 Å². The molecule has 0 spiro atoms. The SMILES string of the molecule is CCCCNC(=O)N1C[C@@H](C(=O)NCc2cccc(F)c2)C[C@@H](c2ccc(F)c(C)c2)C1. The summed E-state index contributed by atoms with van der Waals surface area (Å²) in [5.41, 5.74) is 2.13. The Balaban J connectivity index is 1.73. The zero-order valence-electron chi connectivity index (χ0n) is 18.7. The number of nitrogens with zero attached hydrogens (tertiary/aromatic N) is 1. The largest absolute Gasteiger partial charge is 0.352 e. The Morgan fingerprint density at radius 2 is 1.91 bits per heavy atom. The predicted molar refractivity (Wildman–Crippen MR) is 120 cm³/mol. The molecule has 1 fully saturated rings. The van der Waals surface area contributed by atoms with Gasteiger partial charge in [-0.1, -0.05) is 37.6 Å². The molecule has 1 saturated heterocycles. The molecule has 3 amide bonds. The zero-order chi connectivity index (χ0) is 23.1. The van der Waals surface area contributed by atoms with E-state index in [1.165, 1.54) is 18.2 Å². The van der Waals surface area contributed by atoms with E-state index in [0.717, 1.165) is 18.4 Å². The van der Waals surface area contributed by atoms with Crippen LogP contribution < -0.4 is 10.6 Å². The minimum atomic E-state index is -0.412. The Morgan fingerprint density at radius 1 is 1.09 bits per heavy atom. The molecule has 172 valence electrons. The van der Waals surface area contributed by atoms with Crippen LogP contribution >= 0.6 is 0 Å². The highest BCUT2D eigenvalue weighted by Crippen LogP contribution is 2.31. The molecule has 0 aromatic heterocycles. The topological polar surface area (TPSA) is 61.4 Å². The van der Waals surface area contributed by atoms with Crippen LogP contribution in [0.3, 0.4) is 0 Å². The van der Waals surface area contributed by atoms with Crippen molar-refractivity contribution in [1.29, 1.82) is 0 Å². The summed E-state index contributed by atoms with van der Waals surface area (Å²) in [5.74, 6) is -1.29. The van der Waals surface area contributed by atoms with Crippen molar-refractivity contribution in [3.05, 3.63) is 70.8 Å². The number of piperidine rings is 1. The van der Waals surface area contributed by atoms with Crippen LogP contribution in [0.15, 0.2) is 42.5 Å². The van der Waals surface area contributed by atoms with Crippen LogP contribution in [0.25, 0.3) is 0 Å². The Labute approximate surface area is 188 Å². The summed E-state index contributed by atoms with van der Waals surface area (Å²) in [4.78, 5) is 27.4. The molecule has 2 atom stereocenters. The van der Waals surface area contributed by atoms with Gasteiger partial charge in [0.15, 0.2) is 0 Å². The first-order valence-corrected chi connectivity index (χ1v) is 11.2. The van der Waals surface area contributed by atoms with Gasteiger partial charge < -0.3 is 15.5 Å². The second-order valence-corrected chi connectivity index (χ2v) is 8.48. The second kappa shape index (κ2) is 11.1. The summed E-state index contributed by atoms with van der Waals surface area (Å²) in [6.45, 7) is 5.35. The van der Waals surface area contributed by atoms with Gasteiger partial charge in [-0.15, -0.1) is 0 Å². The molecule has 0 radical (unpaired) electrons. The van der Waals surface area contributed by atoms with Gasteiger partial charge in [0.1, 0.15) is 11.6 Å². The van der Waals surface area contributed by atoms with E-state index in [4.69, 9.17) is 0 Å². The van der Waals surface area contributed by atoms with Gasteiger partial charge >= 0.3 is 6.03 Å². The van der Waals surface area contributed by atoms with Gasteiger partial charge in [-0.25, -0.2) is 13.6 Å². The number of aryl methyl sites for hydroxylation is 1. The Hall–Kier alpha value is -2.96. The van der Waals surface area contributed by atoms with Crippen molar-refractivity contribution in [1.82, 2.24) is 15.5 Å². The molecule has 5 nitrogen and oxygen atoms in total. The second-order valence-electron chi connectivity index (χ2n) is 8.48. The number of likely N-dealkylation sites (tertiary alicyclic amines) is 1. The third kappa shape index (κ3) is 6.28. The molecule has 1 aliphatic rings. The Morgan fingerprint density at radius 3 is 2.62 bits per heavy atom. The van der Waals surface area contributed by atoms with Crippen LogP contribution in [-0.2, 0) is 11.3 Å². The van der Waals surface area contributed by atoms with Crippen LogP contribution in [-0.4, -0.2) is 36.5 Å². The van der Waals surface area contributed by atoms with Crippen LogP contribution in [0.1, 0.15) is 48.8 Å². The quantitative estimate of drug-likeness (QED) is 0.619. The summed E-state index contributed by atoms with van der Waals surface area (Å²) in [6.07, 6.45) is 2.42. The average molecular weight is 444 g/mol. The molecule has 0 unspecified atom stereocenters. The lowest BCUT2D eigenvalue weighted by Gasteiger charge is -2.37. The molecule has 2 aromatic carbocycles. The first kappa shape index (κ1) is 23.7. The molecule has 2 aromatic rings. The predicted octanol–water partition coefficient (Wildman–Crippen LogP) is 4.50. The molecule has 0 aliphatic carbocycles. The number of unbranched alkanes of at least 4 members (excludes halogenated alkanes) is 1. The van der Waals surface area contributed by atoms with Crippen molar-refractivity contribution >= 4 is 11.9 Å². The number of carbonyl (C=O) groups is 2. The lowest BCUT2D eigenvalue weighted by Crippen LogP contribution is -2.51. The number of hydrogen-bond donors (Lipinski definition) is 2. The highest BCUT2D eigenvalue weighted by Gasteiger charge is 2.34. The third-order valence-corrected chi connectivity index (χ3v) is 5.92. The van der Waals surface area contributed by atoms with Crippen LogP contribution in [0.2, 0.25) is 0 Å². The number of nitrogens with one attached hydrogen (secondary N) is 2. The number of halogens is 2. The van der Waals surface area contributed by atoms with Crippen LogP contribution in [0.4, 0.5) is 13.6 Å². The fourth-order valence-corrected chi connectivity index (χ4v) is 4.08. The first-order valence-electron chi connectivity index (χ1n) is 11.2. The summed E-state index contributed by atoms with van der Waals surface area (Å²) < 4.78 is 27.2. The highest BCUT2D eigenvalue weighted by molar-refractivity contribution is 5.81. The number of urea groups is 1. The van der Waals surface area contributed by atoms with Crippen molar-refractivity contribution in [3.8, 4) is 0 Å². The van der Waals surface area contributed by atoms with Gasteiger partial charge in [0.25, 0.3) is 0 Å². The third-order valence-electron chi connectivity index (χ3n) is 5.92. The van der Waals surface area contributed by atoms with Crippen molar-refractivity contribution in [2.75, 3.05) is 19.6 Å². The number of amides is 3. The van der Waals surface area contributed by atoms with Crippen molar-refractivity contribution in [2.24, 2.45) is 5.92 Å². The fraction of sp³-hybridized carbons (Fsp3) is 0.440. The lowest BCUT2D eigenvalue weighted by atomic mass is 9.83. The summed E-state index contributed by atoms with van der Waals surface area (Å²) in [5, 5.41) is 5.80. The number of benzene rings is 2. The maximum atomic E-state index is 13.8. The standard InChI is InChI=1S/C25H31F2N3O2/c1-3-4-10-28-25(32)30-15-20(19-8-9-23(27)17(2)11-19)13-21(16-30)24(31)29-14-18-6-5-7-22(26)12-18/h5-9,11-12,20-21H,3-4,10,13-16H2,1-2H3,(H,28,32)(H,29,31)/t20-,21+/m1/s1. The van der Waals surface area contributed by atoms with E-state index in [2.05, 4.69) is 17.6 Å². The highest BCUT2D eigenvalue weighted by atomic mass is 19.1. The molecule has 0 bridgehead atoms. The van der Waals surface area contributed by atoms with Gasteiger partial charge in [0, 0.05) is 32.1 Å². The van der Waals surface area contributed by atoms with E-state index in [1.54, 1.807) is 36.1 Å². The molecule has 1 aliphatic heterocycles. The van der Waals surface area contributed by atoms with E-state index in [1.807, 2.05) is 0 Å². The molecule has 7 heteroatoms. The summed E-state index contributed by atoms with van der Waals surface area (Å²) >= 11 is 0. The van der Waals surface area contributed by atoms with E-state index in [0.29, 0.717) is 37.2 Å². The number of hydrogen-bond acceptors (Lipinski definition) is 2. The molecule has 0 saturated carbocycles. The Bertz CT molecular complexity index is 951.